The Hall–Kier alpha value is -3.82. The molecule has 1 aliphatic rings. The lowest BCUT2D eigenvalue weighted by Crippen LogP contribution is -2.63. The lowest BCUT2D eigenvalue weighted by molar-refractivity contribution is -0.142. The van der Waals surface area contributed by atoms with Crippen molar-refractivity contribution in [2.75, 3.05) is 40.4 Å². The van der Waals surface area contributed by atoms with Crippen molar-refractivity contribution >= 4 is 28.5 Å². The zero-order valence-electron chi connectivity index (χ0n) is 23.9. The molecule has 1 aliphatic heterocycles. The van der Waals surface area contributed by atoms with E-state index < -0.39 is 11.9 Å². The molecule has 1 fully saturated rings. The van der Waals surface area contributed by atoms with E-state index in [0.29, 0.717) is 32.5 Å². The van der Waals surface area contributed by atoms with E-state index in [1.165, 1.54) is 19.2 Å². The van der Waals surface area contributed by atoms with E-state index >= 15 is 0 Å². The Kier molecular flexibility index (Phi) is 10.4. The molecular formula is C32H39FN4O4. The second kappa shape index (κ2) is 14.2. The molecule has 3 unspecified atom stereocenters. The zero-order valence-corrected chi connectivity index (χ0v) is 23.9. The second-order valence-electron chi connectivity index (χ2n) is 10.5. The largest absolute Gasteiger partial charge is 0.375 e. The van der Waals surface area contributed by atoms with Gasteiger partial charge in [0.25, 0.3) is 0 Å². The lowest BCUT2D eigenvalue weighted by Gasteiger charge is -2.44. The highest BCUT2D eigenvalue weighted by Crippen LogP contribution is 2.22. The summed E-state index contributed by atoms with van der Waals surface area (Å²) in [6.07, 6.45) is 1.47. The number of carbonyl (C=O) groups excluding carboxylic acids is 3. The third-order valence-electron chi connectivity index (χ3n) is 7.76. The molecule has 3 amide bonds. The van der Waals surface area contributed by atoms with Crippen LogP contribution in [0.2, 0.25) is 0 Å². The van der Waals surface area contributed by atoms with Crippen molar-refractivity contribution in [2.24, 2.45) is 0 Å². The van der Waals surface area contributed by atoms with Gasteiger partial charge in [0.2, 0.25) is 17.7 Å². The summed E-state index contributed by atoms with van der Waals surface area (Å²) in [5.41, 5.74) is 1.81. The molecule has 2 N–H and O–H groups in total. The maximum atomic E-state index is 13.9. The Morgan fingerprint density at radius 2 is 1.68 bits per heavy atom. The average molecular weight is 563 g/mol. The van der Waals surface area contributed by atoms with Crippen LogP contribution in [-0.4, -0.2) is 86.0 Å². The summed E-state index contributed by atoms with van der Waals surface area (Å²) in [7, 11) is 3.07. The highest BCUT2D eigenvalue weighted by Gasteiger charge is 2.37. The van der Waals surface area contributed by atoms with Gasteiger partial charge in [-0.05, 0) is 46.9 Å². The minimum absolute atomic E-state index is 0.0613. The first-order chi connectivity index (χ1) is 19.8. The van der Waals surface area contributed by atoms with E-state index in [-0.39, 0.29) is 42.7 Å². The average Bonchev–Trinajstić information content (AvgIpc) is 2.99. The molecule has 3 aromatic rings. The number of benzene rings is 3. The normalized spacial score (nSPS) is 17.2. The van der Waals surface area contributed by atoms with Gasteiger partial charge in [0.05, 0.1) is 6.04 Å². The summed E-state index contributed by atoms with van der Waals surface area (Å²) in [5, 5.41) is 7.91. The van der Waals surface area contributed by atoms with Gasteiger partial charge >= 0.3 is 0 Å². The van der Waals surface area contributed by atoms with Gasteiger partial charge in [-0.25, -0.2) is 4.39 Å². The number of fused-ring (bicyclic) bond motifs is 1. The monoisotopic (exact) mass is 562 g/mol. The predicted octanol–water partition coefficient (Wildman–Crippen LogP) is 2.93. The van der Waals surface area contributed by atoms with E-state index in [9.17, 15) is 18.8 Å². The molecular weight excluding hydrogens is 523 g/mol. The van der Waals surface area contributed by atoms with E-state index in [0.717, 1.165) is 21.9 Å². The topological polar surface area (TPSA) is 91.0 Å². The smallest absolute Gasteiger partial charge is 0.246 e. The van der Waals surface area contributed by atoms with Gasteiger partial charge in [0, 0.05) is 46.3 Å². The molecule has 8 nitrogen and oxygen atoms in total. The number of halogens is 1. The van der Waals surface area contributed by atoms with Crippen molar-refractivity contribution in [1.29, 1.82) is 0 Å². The quantitative estimate of drug-likeness (QED) is 0.375. The maximum Gasteiger partial charge on any atom is 0.246 e. The molecule has 0 saturated carbocycles. The van der Waals surface area contributed by atoms with E-state index in [1.807, 2.05) is 24.0 Å². The Balaban J connectivity index is 1.51. The first kappa shape index (κ1) is 30.1. The van der Waals surface area contributed by atoms with Crippen LogP contribution in [0.1, 0.15) is 24.5 Å². The molecule has 0 spiro atoms. The molecule has 0 aromatic heterocycles. The van der Waals surface area contributed by atoms with Crippen LogP contribution in [0.15, 0.2) is 66.7 Å². The van der Waals surface area contributed by atoms with Gasteiger partial charge in [0.1, 0.15) is 18.5 Å². The number of hydrogen-bond acceptors (Lipinski definition) is 5. The van der Waals surface area contributed by atoms with Crippen molar-refractivity contribution in [2.45, 2.75) is 44.3 Å². The molecule has 218 valence electrons. The van der Waals surface area contributed by atoms with Crippen LogP contribution >= 0.6 is 0 Å². The number of hydrogen-bond donors (Lipinski definition) is 2. The number of piperazine rings is 1. The third-order valence-corrected chi connectivity index (χ3v) is 7.76. The molecule has 4 rings (SSSR count). The zero-order chi connectivity index (χ0) is 29.4. The van der Waals surface area contributed by atoms with Gasteiger partial charge in [0.15, 0.2) is 0 Å². The van der Waals surface area contributed by atoms with Crippen molar-refractivity contribution in [3.63, 3.8) is 0 Å². The highest BCUT2D eigenvalue weighted by molar-refractivity contribution is 5.89. The van der Waals surface area contributed by atoms with Gasteiger partial charge in [-0.3, -0.25) is 19.3 Å². The molecule has 0 radical (unpaired) electrons. The molecule has 9 heteroatoms. The standard InChI is InChI=1S/C32H39FN4O4/c1-4-27-20-36(29(31(39)34-2)19-23-9-12-24-7-5-6-8-25(24)17-23)15-16-37(27)32(40)28(35-30(38)21-41-3)18-22-10-13-26(33)14-11-22/h5-14,17,27-29H,4,15-16,18-21H2,1-3H3,(H,34,39)(H,35,38). The van der Waals surface area contributed by atoms with E-state index in [4.69, 9.17) is 4.74 Å². The van der Waals surface area contributed by atoms with Crippen LogP contribution in [0.5, 0.6) is 0 Å². The summed E-state index contributed by atoms with van der Waals surface area (Å²) in [6.45, 7) is 3.32. The van der Waals surface area contributed by atoms with Crippen molar-refractivity contribution in [3.05, 3.63) is 83.7 Å². The maximum absolute atomic E-state index is 13.9. The molecule has 1 heterocycles. The van der Waals surface area contributed by atoms with Crippen LogP contribution < -0.4 is 10.6 Å². The number of likely N-dealkylation sites (N-methyl/N-ethyl adjacent to an activating group) is 1. The van der Waals surface area contributed by atoms with Crippen LogP contribution in [0, 0.1) is 5.82 Å². The number of nitrogens with zero attached hydrogens (tertiary/aromatic N) is 2. The minimum Gasteiger partial charge on any atom is -0.375 e. The Bertz CT molecular complexity index is 1350. The third kappa shape index (κ3) is 7.68. The first-order valence-corrected chi connectivity index (χ1v) is 14.1. The van der Waals surface area contributed by atoms with Crippen LogP contribution in [0.25, 0.3) is 10.8 Å². The Morgan fingerprint density at radius 3 is 2.37 bits per heavy atom. The highest BCUT2D eigenvalue weighted by atomic mass is 19.1. The van der Waals surface area contributed by atoms with Gasteiger partial charge < -0.3 is 20.3 Å². The summed E-state index contributed by atoms with van der Waals surface area (Å²) in [5.74, 6) is -1.02. The van der Waals surface area contributed by atoms with Crippen molar-refractivity contribution < 1.29 is 23.5 Å². The fraction of sp³-hybridized carbons (Fsp3) is 0.406. The number of amides is 3. The van der Waals surface area contributed by atoms with Gasteiger partial charge in [-0.1, -0.05) is 61.5 Å². The number of rotatable bonds is 11. The SMILES string of the molecule is CCC1CN(C(Cc2ccc3ccccc3c2)C(=O)NC)CCN1C(=O)C(Cc1ccc(F)cc1)NC(=O)COC. The number of methoxy groups -OCH3 is 1. The van der Waals surface area contributed by atoms with Crippen molar-refractivity contribution in [1.82, 2.24) is 20.4 Å². The predicted molar refractivity (Wildman–Crippen MR) is 157 cm³/mol. The van der Waals surface area contributed by atoms with Gasteiger partial charge in [-0.2, -0.15) is 0 Å². The Labute approximate surface area is 240 Å². The lowest BCUT2D eigenvalue weighted by atomic mass is 9.97. The Morgan fingerprint density at radius 1 is 0.976 bits per heavy atom. The minimum atomic E-state index is -0.823. The molecule has 1 saturated heterocycles. The summed E-state index contributed by atoms with van der Waals surface area (Å²) < 4.78 is 18.4. The molecule has 0 bridgehead atoms. The number of nitrogens with one attached hydrogen (secondary N) is 2. The van der Waals surface area contributed by atoms with Crippen LogP contribution in [0.3, 0.4) is 0 Å². The van der Waals surface area contributed by atoms with E-state index in [1.54, 1.807) is 19.2 Å². The van der Waals surface area contributed by atoms with Crippen LogP contribution in [0.4, 0.5) is 4.39 Å². The summed E-state index contributed by atoms with van der Waals surface area (Å²) in [6, 6.07) is 19.0. The van der Waals surface area contributed by atoms with E-state index in [2.05, 4.69) is 45.9 Å². The number of ether oxygens (including phenoxy) is 1. The second-order valence-corrected chi connectivity index (χ2v) is 10.5. The molecule has 0 aliphatic carbocycles. The fourth-order valence-corrected chi connectivity index (χ4v) is 5.57. The summed E-state index contributed by atoms with van der Waals surface area (Å²) in [4.78, 5) is 43.3. The molecule has 3 aromatic carbocycles. The first-order valence-electron chi connectivity index (χ1n) is 14.1. The molecule has 41 heavy (non-hydrogen) atoms. The van der Waals surface area contributed by atoms with Crippen molar-refractivity contribution in [3.8, 4) is 0 Å². The van der Waals surface area contributed by atoms with Crippen LogP contribution in [-0.2, 0) is 32.0 Å². The van der Waals surface area contributed by atoms with Gasteiger partial charge in [-0.15, -0.1) is 0 Å². The molecule has 3 atom stereocenters. The number of carbonyl (C=O) groups is 3. The summed E-state index contributed by atoms with van der Waals surface area (Å²) >= 11 is 0. The fourth-order valence-electron chi connectivity index (χ4n) is 5.57.